The van der Waals surface area contributed by atoms with Crippen LogP contribution in [0.2, 0.25) is 0 Å². The second-order valence-electron chi connectivity index (χ2n) is 8.53. The zero-order valence-corrected chi connectivity index (χ0v) is 20.5. The van der Waals surface area contributed by atoms with Crippen LogP contribution in [0.15, 0.2) is 40.0 Å². The summed E-state index contributed by atoms with van der Waals surface area (Å²) in [6.07, 6.45) is 6.33. The van der Waals surface area contributed by atoms with Gasteiger partial charge < -0.3 is 14.8 Å². The first-order chi connectivity index (χ1) is 15.9. The maximum Gasteiger partial charge on any atom is 0.328 e. The van der Waals surface area contributed by atoms with Gasteiger partial charge in [-0.25, -0.2) is 4.79 Å². The van der Waals surface area contributed by atoms with Crippen LogP contribution in [-0.4, -0.2) is 34.5 Å². The first-order valence-electron chi connectivity index (χ1n) is 11.3. The summed E-state index contributed by atoms with van der Waals surface area (Å²) in [5, 5.41) is 3.63. The van der Waals surface area contributed by atoms with Crippen LogP contribution in [0.5, 0.6) is 11.5 Å². The topological polar surface area (TPSA) is 74.5 Å². The Balaban J connectivity index is 1.63. The van der Waals surface area contributed by atoms with Crippen LogP contribution < -0.4 is 20.5 Å². The summed E-state index contributed by atoms with van der Waals surface area (Å²) in [5.74, 6) is 1.10. The van der Waals surface area contributed by atoms with E-state index < -0.39 is 0 Å². The molecule has 0 saturated heterocycles. The third-order valence-electron chi connectivity index (χ3n) is 6.31. The molecule has 0 atom stereocenters. The molecule has 1 saturated carbocycles. The van der Waals surface area contributed by atoms with Crippen LogP contribution in [-0.2, 0) is 25.3 Å². The molecule has 1 aliphatic carbocycles. The minimum atomic E-state index is -0.118. The van der Waals surface area contributed by atoms with Gasteiger partial charge in [0.05, 0.1) is 37.4 Å². The molecule has 1 N–H and O–H groups in total. The Morgan fingerprint density at radius 2 is 1.67 bits per heavy atom. The number of methoxy groups -OCH3 is 2. The molecule has 0 bridgehead atoms. The van der Waals surface area contributed by atoms with Gasteiger partial charge in [-0.15, -0.1) is 11.8 Å². The Labute approximate surface area is 198 Å². The molecule has 1 fully saturated rings. The summed E-state index contributed by atoms with van der Waals surface area (Å²) in [5.41, 5.74) is 3.19. The number of imidazole rings is 1. The van der Waals surface area contributed by atoms with Crippen molar-refractivity contribution in [3.63, 3.8) is 0 Å². The van der Waals surface area contributed by atoms with Gasteiger partial charge in [-0.3, -0.25) is 13.9 Å². The van der Waals surface area contributed by atoms with Crippen LogP contribution in [0.4, 0.5) is 5.69 Å². The number of ether oxygens (including phenoxy) is 2. The largest absolute Gasteiger partial charge is 0.493 e. The van der Waals surface area contributed by atoms with Crippen molar-refractivity contribution < 1.29 is 14.3 Å². The number of anilines is 1. The number of thioether (sulfide) groups is 1. The maximum absolute atomic E-state index is 13.0. The van der Waals surface area contributed by atoms with Gasteiger partial charge in [-0.2, -0.15) is 0 Å². The lowest BCUT2D eigenvalue weighted by Crippen LogP contribution is -2.19. The molecule has 0 spiro atoms. The second kappa shape index (κ2) is 9.95. The second-order valence-corrected chi connectivity index (χ2v) is 9.87. The van der Waals surface area contributed by atoms with Crippen LogP contribution >= 0.6 is 11.8 Å². The maximum atomic E-state index is 13.0. The number of nitrogens with zero attached hydrogens (tertiary/aromatic N) is 2. The zero-order valence-electron chi connectivity index (χ0n) is 19.6. The van der Waals surface area contributed by atoms with E-state index in [-0.39, 0.29) is 18.0 Å². The molecule has 1 heterocycles. The molecule has 8 heteroatoms. The van der Waals surface area contributed by atoms with E-state index in [1.165, 1.54) is 32.1 Å². The SMILES string of the molecule is COc1ccc(CC(=O)Nc2cc3c(cc2SC2CCCCC2)n(C)c(=O)n3C)cc1OC. The lowest BCUT2D eigenvalue weighted by Gasteiger charge is -2.22. The van der Waals surface area contributed by atoms with E-state index in [1.807, 2.05) is 36.0 Å². The third-order valence-corrected chi connectivity index (χ3v) is 7.70. The van der Waals surface area contributed by atoms with Crippen molar-refractivity contribution in [2.45, 2.75) is 48.7 Å². The Kier molecular flexibility index (Phi) is 7.02. The number of hydrogen-bond acceptors (Lipinski definition) is 5. The minimum Gasteiger partial charge on any atom is -0.493 e. The highest BCUT2D eigenvalue weighted by Crippen LogP contribution is 2.39. The average Bonchev–Trinajstić information content (AvgIpc) is 3.03. The van der Waals surface area contributed by atoms with Crippen molar-refractivity contribution in [1.82, 2.24) is 9.13 Å². The summed E-state index contributed by atoms with van der Waals surface area (Å²) in [4.78, 5) is 26.5. The van der Waals surface area contributed by atoms with E-state index in [1.54, 1.807) is 43.5 Å². The first-order valence-corrected chi connectivity index (χ1v) is 12.2. The number of benzene rings is 2. The standard InChI is InChI=1S/C25H31N3O4S/c1-27-19-14-18(26-24(29)13-16-10-11-21(31-3)22(12-16)32-4)23(15-20(19)28(2)25(27)30)33-17-8-6-5-7-9-17/h10-12,14-15,17H,5-9,13H2,1-4H3,(H,26,29). The van der Waals surface area contributed by atoms with E-state index in [0.29, 0.717) is 16.7 Å². The van der Waals surface area contributed by atoms with Crippen molar-refractivity contribution in [2.75, 3.05) is 19.5 Å². The monoisotopic (exact) mass is 469 g/mol. The molecule has 0 radical (unpaired) electrons. The summed E-state index contributed by atoms with van der Waals surface area (Å²) in [6, 6.07) is 9.46. The van der Waals surface area contributed by atoms with E-state index in [4.69, 9.17) is 9.47 Å². The zero-order chi connectivity index (χ0) is 23.5. The van der Waals surface area contributed by atoms with Gasteiger partial charge in [0.25, 0.3) is 0 Å². The highest BCUT2D eigenvalue weighted by Gasteiger charge is 2.20. The molecule has 2 aromatic carbocycles. The molecule has 1 aliphatic rings. The van der Waals surface area contributed by atoms with E-state index in [0.717, 1.165) is 27.2 Å². The van der Waals surface area contributed by atoms with Gasteiger partial charge in [0, 0.05) is 24.2 Å². The molecule has 1 aromatic heterocycles. The Bertz CT molecular complexity index is 1220. The van der Waals surface area contributed by atoms with Crippen molar-refractivity contribution in [3.05, 3.63) is 46.4 Å². The molecular weight excluding hydrogens is 438 g/mol. The van der Waals surface area contributed by atoms with Crippen LogP contribution in [0.3, 0.4) is 0 Å². The quantitative estimate of drug-likeness (QED) is 0.552. The number of fused-ring (bicyclic) bond motifs is 1. The molecule has 3 aromatic rings. The minimum absolute atomic E-state index is 0.0765. The fourth-order valence-electron chi connectivity index (χ4n) is 4.45. The summed E-state index contributed by atoms with van der Waals surface area (Å²) < 4.78 is 13.9. The van der Waals surface area contributed by atoms with Crippen molar-refractivity contribution >= 4 is 34.4 Å². The van der Waals surface area contributed by atoms with Crippen LogP contribution in [0.25, 0.3) is 11.0 Å². The van der Waals surface area contributed by atoms with Gasteiger partial charge in [0.1, 0.15) is 0 Å². The number of amides is 1. The molecular formula is C25H31N3O4S. The fourth-order valence-corrected chi connectivity index (χ4v) is 5.80. The van der Waals surface area contributed by atoms with Crippen LogP contribution in [0, 0.1) is 0 Å². The van der Waals surface area contributed by atoms with Gasteiger partial charge in [0.15, 0.2) is 11.5 Å². The predicted octanol–water partition coefficient (Wildman–Crippen LogP) is 4.50. The molecule has 33 heavy (non-hydrogen) atoms. The van der Waals surface area contributed by atoms with Crippen molar-refractivity contribution in [1.29, 1.82) is 0 Å². The highest BCUT2D eigenvalue weighted by atomic mass is 32.2. The number of nitrogens with one attached hydrogen (secondary N) is 1. The smallest absolute Gasteiger partial charge is 0.328 e. The van der Waals surface area contributed by atoms with Crippen molar-refractivity contribution in [3.8, 4) is 11.5 Å². The first kappa shape index (κ1) is 23.3. The van der Waals surface area contributed by atoms with E-state index in [9.17, 15) is 9.59 Å². The number of carbonyl (C=O) groups excluding carboxylic acids is 1. The molecule has 0 unspecified atom stereocenters. The molecule has 1 amide bonds. The van der Waals surface area contributed by atoms with Gasteiger partial charge in [-0.05, 0) is 42.7 Å². The number of aromatic nitrogens is 2. The number of aryl methyl sites for hydroxylation is 2. The summed E-state index contributed by atoms with van der Waals surface area (Å²) in [7, 11) is 6.71. The average molecular weight is 470 g/mol. The molecule has 176 valence electrons. The Morgan fingerprint density at radius 1 is 1.00 bits per heavy atom. The molecule has 4 rings (SSSR count). The van der Waals surface area contributed by atoms with Gasteiger partial charge in [-0.1, -0.05) is 25.3 Å². The summed E-state index contributed by atoms with van der Waals surface area (Å²) >= 11 is 1.81. The van der Waals surface area contributed by atoms with Gasteiger partial charge in [0.2, 0.25) is 5.91 Å². The van der Waals surface area contributed by atoms with Gasteiger partial charge >= 0.3 is 5.69 Å². The number of hydrogen-bond donors (Lipinski definition) is 1. The number of carbonyl (C=O) groups is 1. The summed E-state index contributed by atoms with van der Waals surface area (Å²) in [6.45, 7) is 0. The Hall–Kier alpha value is -2.87. The van der Waals surface area contributed by atoms with E-state index in [2.05, 4.69) is 5.32 Å². The lowest BCUT2D eigenvalue weighted by molar-refractivity contribution is -0.115. The highest BCUT2D eigenvalue weighted by molar-refractivity contribution is 8.00. The predicted molar refractivity (Wildman–Crippen MR) is 133 cm³/mol. The fraction of sp³-hybridized carbons (Fsp3) is 0.440. The normalized spacial score (nSPS) is 14.4. The molecule has 7 nitrogen and oxygen atoms in total. The number of rotatable bonds is 7. The third kappa shape index (κ3) is 4.90. The van der Waals surface area contributed by atoms with Crippen LogP contribution in [0.1, 0.15) is 37.7 Å². The van der Waals surface area contributed by atoms with Crippen molar-refractivity contribution in [2.24, 2.45) is 14.1 Å². The Morgan fingerprint density at radius 3 is 2.33 bits per heavy atom. The molecule has 0 aliphatic heterocycles. The van der Waals surface area contributed by atoms with E-state index >= 15 is 0 Å². The lowest BCUT2D eigenvalue weighted by atomic mass is 10.0.